The van der Waals surface area contributed by atoms with Crippen LogP contribution in [-0.2, 0) is 10.0 Å². The normalized spacial score (nSPS) is 17.4. The molecule has 0 aliphatic carbocycles. The van der Waals surface area contributed by atoms with Gasteiger partial charge < -0.3 is 4.74 Å². The van der Waals surface area contributed by atoms with Gasteiger partial charge in [0, 0.05) is 30.5 Å². The maximum absolute atomic E-state index is 13.0. The number of non-ortho nitro benzene ring substituents is 1. The zero-order valence-electron chi connectivity index (χ0n) is 14.5. The van der Waals surface area contributed by atoms with Crippen LogP contribution in [0.2, 0.25) is 0 Å². The van der Waals surface area contributed by atoms with Gasteiger partial charge in [-0.25, -0.2) is 8.42 Å². The van der Waals surface area contributed by atoms with Gasteiger partial charge in [-0.1, -0.05) is 6.07 Å². The highest BCUT2D eigenvalue weighted by molar-refractivity contribution is 8.01. The summed E-state index contributed by atoms with van der Waals surface area (Å²) < 4.78 is 32.3. The summed E-state index contributed by atoms with van der Waals surface area (Å²) in [5.41, 5.74) is -0.00209. The van der Waals surface area contributed by atoms with Crippen LogP contribution in [0, 0.1) is 20.2 Å². The SMILES string of the molecule is COc1ccc([C@H]2SCCN2S(=O)(=O)c2ccc([N+](=O)[O-])cc2)cc1[N+](=O)[O-]. The van der Waals surface area contributed by atoms with E-state index in [-0.39, 0.29) is 28.6 Å². The van der Waals surface area contributed by atoms with Crippen LogP contribution in [0.4, 0.5) is 11.4 Å². The Morgan fingerprint density at radius 3 is 2.36 bits per heavy atom. The van der Waals surface area contributed by atoms with Crippen molar-refractivity contribution in [2.45, 2.75) is 10.3 Å². The molecule has 0 spiro atoms. The zero-order chi connectivity index (χ0) is 20.5. The molecular formula is C16H15N3O7S2. The Morgan fingerprint density at radius 1 is 1.11 bits per heavy atom. The fourth-order valence-electron chi connectivity index (χ4n) is 2.84. The van der Waals surface area contributed by atoms with E-state index in [1.165, 1.54) is 47.4 Å². The van der Waals surface area contributed by atoms with E-state index in [0.29, 0.717) is 11.3 Å². The first-order valence-electron chi connectivity index (χ1n) is 7.96. The smallest absolute Gasteiger partial charge is 0.311 e. The summed E-state index contributed by atoms with van der Waals surface area (Å²) in [6, 6.07) is 8.96. The van der Waals surface area contributed by atoms with Crippen LogP contribution in [-0.4, -0.2) is 42.0 Å². The summed E-state index contributed by atoms with van der Waals surface area (Å²) >= 11 is 1.34. The average molecular weight is 425 g/mol. The molecule has 1 fully saturated rings. The molecule has 0 amide bonds. The first-order valence-corrected chi connectivity index (χ1v) is 10.4. The van der Waals surface area contributed by atoms with E-state index in [1.54, 1.807) is 6.07 Å². The van der Waals surface area contributed by atoms with Crippen molar-refractivity contribution >= 4 is 33.2 Å². The molecule has 2 aromatic carbocycles. The number of hydrogen-bond donors (Lipinski definition) is 0. The molecule has 1 heterocycles. The topological polar surface area (TPSA) is 133 Å². The molecule has 1 aliphatic heterocycles. The van der Waals surface area contributed by atoms with Gasteiger partial charge in [-0.3, -0.25) is 20.2 Å². The molecule has 0 N–H and O–H groups in total. The minimum Gasteiger partial charge on any atom is -0.490 e. The number of methoxy groups -OCH3 is 1. The molecule has 28 heavy (non-hydrogen) atoms. The number of rotatable bonds is 6. The van der Waals surface area contributed by atoms with Crippen LogP contribution in [0.25, 0.3) is 0 Å². The molecule has 10 nitrogen and oxygen atoms in total. The number of sulfonamides is 1. The summed E-state index contributed by atoms with van der Waals surface area (Å²) in [5, 5.41) is 21.4. The molecule has 1 saturated heterocycles. The van der Waals surface area contributed by atoms with Crippen molar-refractivity contribution in [1.29, 1.82) is 0 Å². The molecule has 12 heteroatoms. The second-order valence-corrected chi connectivity index (χ2v) is 8.86. The maximum atomic E-state index is 13.0. The quantitative estimate of drug-likeness (QED) is 0.509. The molecule has 2 aromatic rings. The van der Waals surface area contributed by atoms with Gasteiger partial charge in [0.25, 0.3) is 5.69 Å². The number of nitrogens with zero attached hydrogens (tertiary/aromatic N) is 3. The van der Waals surface area contributed by atoms with Crippen LogP contribution in [0.15, 0.2) is 47.4 Å². The van der Waals surface area contributed by atoms with E-state index in [2.05, 4.69) is 0 Å². The molecule has 3 rings (SSSR count). The minimum absolute atomic E-state index is 0.0754. The van der Waals surface area contributed by atoms with E-state index in [1.807, 2.05) is 0 Å². The highest BCUT2D eigenvalue weighted by Gasteiger charge is 2.38. The zero-order valence-corrected chi connectivity index (χ0v) is 16.2. The Labute approximate surface area is 164 Å². The third-order valence-electron chi connectivity index (χ3n) is 4.19. The lowest BCUT2D eigenvalue weighted by Gasteiger charge is -2.23. The largest absolute Gasteiger partial charge is 0.490 e. The molecule has 0 aromatic heterocycles. The number of hydrogen-bond acceptors (Lipinski definition) is 8. The van der Waals surface area contributed by atoms with Crippen LogP contribution >= 0.6 is 11.8 Å². The van der Waals surface area contributed by atoms with Crippen LogP contribution in [0.1, 0.15) is 10.9 Å². The van der Waals surface area contributed by atoms with E-state index >= 15 is 0 Å². The van der Waals surface area contributed by atoms with Crippen LogP contribution in [0.3, 0.4) is 0 Å². The predicted molar refractivity (Wildman–Crippen MR) is 102 cm³/mol. The lowest BCUT2D eigenvalue weighted by Crippen LogP contribution is -2.30. The number of ether oxygens (including phenoxy) is 1. The van der Waals surface area contributed by atoms with Crippen LogP contribution in [0.5, 0.6) is 5.75 Å². The number of nitro groups is 2. The first kappa shape index (κ1) is 20.0. The maximum Gasteiger partial charge on any atom is 0.311 e. The lowest BCUT2D eigenvalue weighted by atomic mass is 10.2. The molecule has 1 aliphatic rings. The molecule has 0 bridgehead atoms. The van der Waals surface area contributed by atoms with Gasteiger partial charge in [0.1, 0.15) is 0 Å². The highest BCUT2D eigenvalue weighted by atomic mass is 32.2. The van der Waals surface area contributed by atoms with Gasteiger partial charge in [0.05, 0.1) is 27.2 Å². The fourth-order valence-corrected chi connectivity index (χ4v) is 6.07. The number of nitro benzene ring substituents is 2. The summed E-state index contributed by atoms with van der Waals surface area (Å²) in [4.78, 5) is 20.8. The third-order valence-corrected chi connectivity index (χ3v) is 7.46. The van der Waals surface area contributed by atoms with Gasteiger partial charge in [-0.05, 0) is 23.8 Å². The van der Waals surface area contributed by atoms with E-state index in [9.17, 15) is 28.6 Å². The van der Waals surface area contributed by atoms with Gasteiger partial charge in [0.15, 0.2) is 5.75 Å². The molecule has 1 atom stereocenters. The van der Waals surface area contributed by atoms with Gasteiger partial charge in [-0.15, -0.1) is 11.8 Å². The van der Waals surface area contributed by atoms with E-state index < -0.39 is 25.2 Å². The fraction of sp³-hybridized carbons (Fsp3) is 0.250. The first-order chi connectivity index (χ1) is 13.3. The van der Waals surface area contributed by atoms with Crippen molar-refractivity contribution in [1.82, 2.24) is 4.31 Å². The van der Waals surface area contributed by atoms with Gasteiger partial charge in [0.2, 0.25) is 10.0 Å². The van der Waals surface area contributed by atoms with Crippen molar-refractivity contribution < 1.29 is 23.0 Å². The number of thioether (sulfide) groups is 1. The monoisotopic (exact) mass is 425 g/mol. The molecular weight excluding hydrogens is 410 g/mol. The summed E-state index contributed by atoms with van der Waals surface area (Å²) in [6.45, 7) is 0.217. The average Bonchev–Trinajstić information content (AvgIpc) is 3.18. The lowest BCUT2D eigenvalue weighted by molar-refractivity contribution is -0.385. The van der Waals surface area contributed by atoms with Gasteiger partial charge in [-0.2, -0.15) is 4.31 Å². The van der Waals surface area contributed by atoms with E-state index in [4.69, 9.17) is 4.74 Å². The third kappa shape index (κ3) is 3.66. The van der Waals surface area contributed by atoms with Crippen LogP contribution < -0.4 is 4.74 Å². The van der Waals surface area contributed by atoms with Crippen molar-refractivity contribution in [3.05, 3.63) is 68.3 Å². The minimum atomic E-state index is -3.94. The van der Waals surface area contributed by atoms with Crippen molar-refractivity contribution in [2.75, 3.05) is 19.4 Å². The standard InChI is InChI=1S/C16H15N3O7S2/c1-26-15-7-2-11(10-14(15)19(22)23)16-17(8-9-27-16)28(24,25)13-5-3-12(4-6-13)18(20)21/h2-7,10,16H,8-9H2,1H3/t16-/m1/s1. The Hall–Kier alpha value is -2.70. The predicted octanol–water partition coefficient (Wildman–Crippen LogP) is 2.95. The Bertz CT molecular complexity index is 1030. The number of benzene rings is 2. The summed E-state index contributed by atoms with van der Waals surface area (Å²) in [7, 11) is -2.62. The Balaban J connectivity index is 1.97. The Morgan fingerprint density at radius 2 is 1.79 bits per heavy atom. The highest BCUT2D eigenvalue weighted by Crippen LogP contribution is 2.43. The van der Waals surface area contributed by atoms with Crippen molar-refractivity contribution in [3.8, 4) is 5.75 Å². The molecule has 0 saturated carbocycles. The second-order valence-electron chi connectivity index (χ2n) is 5.78. The molecule has 0 radical (unpaired) electrons. The Kier molecular flexibility index (Phi) is 5.54. The summed E-state index contributed by atoms with van der Waals surface area (Å²) in [5.74, 6) is 0.595. The van der Waals surface area contributed by atoms with Gasteiger partial charge >= 0.3 is 5.69 Å². The van der Waals surface area contributed by atoms with E-state index in [0.717, 1.165) is 12.1 Å². The van der Waals surface area contributed by atoms with Crippen molar-refractivity contribution in [2.24, 2.45) is 0 Å². The molecule has 0 unspecified atom stereocenters. The summed E-state index contributed by atoms with van der Waals surface area (Å²) in [6.07, 6.45) is 0. The second kappa shape index (κ2) is 7.73. The van der Waals surface area contributed by atoms with Crippen molar-refractivity contribution in [3.63, 3.8) is 0 Å². The molecule has 148 valence electrons.